The zero-order valence-electron chi connectivity index (χ0n) is 21.1. The van der Waals surface area contributed by atoms with Crippen molar-refractivity contribution in [2.45, 2.75) is 82.1 Å². The van der Waals surface area contributed by atoms with Gasteiger partial charge < -0.3 is 14.4 Å². The van der Waals surface area contributed by atoms with Crippen molar-refractivity contribution < 1.29 is 23.1 Å². The van der Waals surface area contributed by atoms with E-state index in [1.807, 2.05) is 30.7 Å². The third-order valence-corrected chi connectivity index (χ3v) is 9.97. The number of carbonyl (C=O) groups is 1. The Bertz CT molecular complexity index is 1300. The van der Waals surface area contributed by atoms with Crippen molar-refractivity contribution in [2.24, 2.45) is 0 Å². The Morgan fingerprint density at radius 2 is 1.94 bits per heavy atom. The Morgan fingerprint density at radius 3 is 2.61 bits per heavy atom. The fraction of sp³-hybridized carbons (Fsp3) is 0.536. The Labute approximate surface area is 213 Å². The third-order valence-electron chi connectivity index (χ3n) is 7.80. The summed E-state index contributed by atoms with van der Waals surface area (Å²) in [6.07, 6.45) is 13.3. The highest BCUT2D eigenvalue weighted by atomic mass is 32.2. The molecular weight excluding hydrogens is 476 g/mol. The number of fused-ring (bicyclic) bond motifs is 1. The SMILES string of the molecule is CC(C)OC1=CCC(S(=O)(=O)N2CCC(c3cn(CC(=O)O)c4cc(C5CCCC5)ccc34)C2)C=C1. The summed E-state index contributed by atoms with van der Waals surface area (Å²) >= 11 is 0. The predicted octanol–water partition coefficient (Wildman–Crippen LogP) is 5.14. The van der Waals surface area contributed by atoms with Gasteiger partial charge in [0.1, 0.15) is 12.3 Å². The molecule has 2 aliphatic carbocycles. The van der Waals surface area contributed by atoms with Gasteiger partial charge in [0.15, 0.2) is 0 Å². The molecule has 0 amide bonds. The van der Waals surface area contributed by atoms with Crippen molar-refractivity contribution in [1.82, 2.24) is 8.87 Å². The summed E-state index contributed by atoms with van der Waals surface area (Å²) in [7, 11) is -3.49. The molecule has 0 radical (unpaired) electrons. The van der Waals surface area contributed by atoms with E-state index in [0.717, 1.165) is 28.6 Å². The summed E-state index contributed by atoms with van der Waals surface area (Å²) in [5.41, 5.74) is 3.27. The van der Waals surface area contributed by atoms with E-state index in [9.17, 15) is 18.3 Å². The number of carboxylic acid groups (broad SMARTS) is 1. The quantitative estimate of drug-likeness (QED) is 0.529. The van der Waals surface area contributed by atoms with E-state index >= 15 is 0 Å². The zero-order chi connectivity index (χ0) is 25.4. The highest BCUT2D eigenvalue weighted by Crippen LogP contribution is 2.39. The van der Waals surface area contributed by atoms with Crippen LogP contribution < -0.4 is 0 Å². The normalized spacial score (nSPS) is 23.6. The van der Waals surface area contributed by atoms with Gasteiger partial charge in [-0.1, -0.05) is 31.1 Å². The first kappa shape index (κ1) is 25.1. The molecule has 2 unspecified atom stereocenters. The number of ether oxygens (including phenoxy) is 1. The lowest BCUT2D eigenvalue weighted by molar-refractivity contribution is -0.137. The van der Waals surface area contributed by atoms with Gasteiger partial charge in [0.25, 0.3) is 0 Å². The van der Waals surface area contributed by atoms with Gasteiger partial charge in [0, 0.05) is 36.1 Å². The smallest absolute Gasteiger partial charge is 0.323 e. The van der Waals surface area contributed by atoms with Crippen molar-refractivity contribution in [2.75, 3.05) is 13.1 Å². The summed E-state index contributed by atoms with van der Waals surface area (Å²) in [6, 6.07) is 6.47. The number of carboxylic acids is 1. The molecule has 1 aromatic carbocycles. The van der Waals surface area contributed by atoms with Gasteiger partial charge in [-0.25, -0.2) is 12.7 Å². The van der Waals surface area contributed by atoms with Crippen LogP contribution in [-0.4, -0.2) is 52.8 Å². The van der Waals surface area contributed by atoms with E-state index in [2.05, 4.69) is 18.2 Å². The van der Waals surface area contributed by atoms with Gasteiger partial charge in [-0.3, -0.25) is 4.79 Å². The Morgan fingerprint density at radius 1 is 1.17 bits per heavy atom. The maximum absolute atomic E-state index is 13.4. The van der Waals surface area contributed by atoms with Crippen LogP contribution in [0.15, 0.2) is 48.4 Å². The van der Waals surface area contributed by atoms with Crippen LogP contribution in [0.3, 0.4) is 0 Å². The van der Waals surface area contributed by atoms with E-state index in [1.165, 1.54) is 31.2 Å². The van der Waals surface area contributed by atoms with Crippen molar-refractivity contribution in [3.05, 3.63) is 59.5 Å². The maximum atomic E-state index is 13.4. The molecular formula is C28H36N2O5S. The van der Waals surface area contributed by atoms with Crippen molar-refractivity contribution in [3.63, 3.8) is 0 Å². The molecule has 2 fully saturated rings. The van der Waals surface area contributed by atoms with Crippen LogP contribution in [0.5, 0.6) is 0 Å². The average molecular weight is 513 g/mol. The van der Waals surface area contributed by atoms with Crippen LogP contribution >= 0.6 is 0 Å². The summed E-state index contributed by atoms with van der Waals surface area (Å²) in [6.45, 7) is 4.69. The number of hydrogen-bond acceptors (Lipinski definition) is 4. The molecule has 1 aromatic heterocycles. The van der Waals surface area contributed by atoms with Crippen LogP contribution in [0.25, 0.3) is 10.9 Å². The summed E-state index contributed by atoms with van der Waals surface area (Å²) < 4.78 is 36.0. The molecule has 1 saturated carbocycles. The minimum atomic E-state index is -3.49. The second-order valence-corrected chi connectivity index (χ2v) is 12.8. The molecule has 2 atom stereocenters. The first-order valence-corrected chi connectivity index (χ1v) is 14.6. The number of nitrogens with zero attached hydrogens (tertiary/aromatic N) is 2. The fourth-order valence-corrected chi connectivity index (χ4v) is 7.77. The monoisotopic (exact) mass is 512 g/mol. The highest BCUT2D eigenvalue weighted by Gasteiger charge is 2.37. The highest BCUT2D eigenvalue weighted by molar-refractivity contribution is 7.89. The summed E-state index contributed by atoms with van der Waals surface area (Å²) in [5.74, 6) is 0.428. The molecule has 8 heteroatoms. The molecule has 2 aromatic rings. The van der Waals surface area contributed by atoms with Crippen molar-refractivity contribution in [3.8, 4) is 0 Å². The number of sulfonamides is 1. The van der Waals surface area contributed by atoms with Crippen molar-refractivity contribution >= 4 is 26.9 Å². The minimum Gasteiger partial charge on any atom is -0.491 e. The van der Waals surface area contributed by atoms with E-state index in [0.29, 0.717) is 25.4 Å². The topological polar surface area (TPSA) is 88.8 Å². The lowest BCUT2D eigenvalue weighted by Gasteiger charge is -2.24. The minimum absolute atomic E-state index is 0.0394. The molecule has 2 heterocycles. The first-order chi connectivity index (χ1) is 17.2. The van der Waals surface area contributed by atoms with Crippen LogP contribution in [-0.2, 0) is 26.1 Å². The molecule has 194 valence electrons. The molecule has 5 rings (SSSR count). The largest absolute Gasteiger partial charge is 0.491 e. The van der Waals surface area contributed by atoms with Gasteiger partial charge in [-0.2, -0.15) is 0 Å². The van der Waals surface area contributed by atoms with Gasteiger partial charge in [0.05, 0.1) is 11.4 Å². The number of allylic oxidation sites excluding steroid dienone is 2. The van der Waals surface area contributed by atoms with Gasteiger partial charge in [-0.05, 0) is 74.8 Å². The second kappa shape index (κ2) is 10.1. The molecule has 1 N–H and O–H groups in total. The zero-order valence-corrected chi connectivity index (χ0v) is 21.9. The Kier molecular flexibility index (Phi) is 7.01. The number of aliphatic carboxylic acids is 1. The van der Waals surface area contributed by atoms with Gasteiger partial charge >= 0.3 is 5.97 Å². The van der Waals surface area contributed by atoms with Crippen LogP contribution in [0.2, 0.25) is 0 Å². The van der Waals surface area contributed by atoms with Crippen LogP contribution in [0.1, 0.15) is 75.3 Å². The maximum Gasteiger partial charge on any atom is 0.323 e. The molecule has 0 bridgehead atoms. The molecule has 0 spiro atoms. The van der Waals surface area contributed by atoms with E-state index in [1.54, 1.807) is 16.5 Å². The summed E-state index contributed by atoms with van der Waals surface area (Å²) in [4.78, 5) is 11.6. The molecule has 36 heavy (non-hydrogen) atoms. The van der Waals surface area contributed by atoms with Crippen LogP contribution in [0, 0.1) is 0 Å². The second-order valence-electron chi connectivity index (χ2n) is 10.7. The van der Waals surface area contributed by atoms with Crippen LogP contribution in [0.4, 0.5) is 0 Å². The molecule has 1 aliphatic heterocycles. The number of hydrogen-bond donors (Lipinski definition) is 1. The Balaban J connectivity index is 1.37. The molecule has 1 saturated heterocycles. The predicted molar refractivity (Wildman–Crippen MR) is 140 cm³/mol. The molecule has 7 nitrogen and oxygen atoms in total. The van der Waals surface area contributed by atoms with Gasteiger partial charge in [0.2, 0.25) is 10.0 Å². The Hall–Kier alpha value is -2.58. The number of aromatic nitrogens is 1. The van der Waals surface area contributed by atoms with E-state index in [4.69, 9.17) is 4.74 Å². The van der Waals surface area contributed by atoms with E-state index < -0.39 is 21.2 Å². The number of rotatable bonds is 8. The lowest BCUT2D eigenvalue weighted by atomic mass is 9.94. The van der Waals surface area contributed by atoms with Crippen molar-refractivity contribution in [1.29, 1.82) is 0 Å². The lowest BCUT2D eigenvalue weighted by Crippen LogP contribution is -2.36. The third kappa shape index (κ3) is 4.98. The average Bonchev–Trinajstić information content (AvgIpc) is 3.59. The first-order valence-electron chi connectivity index (χ1n) is 13.1. The number of benzene rings is 1. The standard InChI is InChI=1S/C28H36N2O5S/c1-19(2)35-23-8-10-24(11-9-23)36(33,34)30-14-13-22(16-30)26-17-29(18-28(31)32)27-15-21(7-12-25(26)27)20-5-3-4-6-20/h7-10,12,15,17,19-20,22,24H,3-6,11,13-14,16,18H2,1-2H3,(H,31,32). The fourth-order valence-electron chi connectivity index (χ4n) is 6.02. The molecule has 3 aliphatic rings. The van der Waals surface area contributed by atoms with E-state index in [-0.39, 0.29) is 18.6 Å². The summed E-state index contributed by atoms with van der Waals surface area (Å²) in [5, 5.41) is 9.97. The van der Waals surface area contributed by atoms with Gasteiger partial charge in [-0.15, -0.1) is 0 Å².